The highest BCUT2D eigenvalue weighted by Crippen LogP contribution is 2.24. The number of nitrogens with zero attached hydrogens (tertiary/aromatic N) is 2. The number of carbonyl (C=O) groups excluding carboxylic acids is 1. The molecule has 0 saturated carbocycles. The van der Waals surface area contributed by atoms with Gasteiger partial charge < -0.3 is 10.1 Å². The molecule has 1 aromatic rings. The Kier molecular flexibility index (Phi) is 6.00. The molecule has 0 radical (unpaired) electrons. The van der Waals surface area contributed by atoms with Crippen LogP contribution in [0.4, 0.5) is 0 Å². The van der Waals surface area contributed by atoms with Crippen molar-refractivity contribution in [2.75, 3.05) is 6.61 Å². The molecule has 22 heavy (non-hydrogen) atoms. The van der Waals surface area contributed by atoms with Gasteiger partial charge >= 0.3 is 0 Å². The normalized spacial score (nSPS) is 14.5. The Morgan fingerprint density at radius 2 is 2.09 bits per heavy atom. The molecule has 1 aliphatic rings. The Morgan fingerprint density at radius 3 is 2.73 bits per heavy atom. The summed E-state index contributed by atoms with van der Waals surface area (Å²) in [5.41, 5.74) is 3.52. The number of hydrogen-bond acceptors (Lipinski definition) is 3. The quantitative estimate of drug-likeness (QED) is 0.842. The summed E-state index contributed by atoms with van der Waals surface area (Å²) >= 11 is 0. The predicted molar refractivity (Wildman–Crippen MR) is 86.8 cm³/mol. The van der Waals surface area contributed by atoms with Crippen LogP contribution in [0.15, 0.2) is 0 Å². The van der Waals surface area contributed by atoms with E-state index >= 15 is 0 Å². The highest BCUT2D eigenvalue weighted by atomic mass is 16.5. The number of nitrogens with one attached hydrogen (secondary N) is 1. The molecule has 0 aromatic carbocycles. The summed E-state index contributed by atoms with van der Waals surface area (Å²) < 4.78 is 7.69. The van der Waals surface area contributed by atoms with Crippen LogP contribution in [0.2, 0.25) is 0 Å². The summed E-state index contributed by atoms with van der Waals surface area (Å²) in [5, 5.41) is 7.83. The number of amides is 1. The van der Waals surface area contributed by atoms with Gasteiger partial charge in [0.05, 0.1) is 18.9 Å². The van der Waals surface area contributed by atoms with Crippen LogP contribution in [0, 0.1) is 0 Å². The Labute approximate surface area is 133 Å². The average Bonchev–Trinajstić information content (AvgIpc) is 2.89. The average molecular weight is 307 g/mol. The van der Waals surface area contributed by atoms with E-state index in [2.05, 4.69) is 37.7 Å². The smallest absolute Gasteiger partial charge is 0.220 e. The zero-order chi connectivity index (χ0) is 16.1. The Morgan fingerprint density at radius 1 is 1.36 bits per heavy atom. The van der Waals surface area contributed by atoms with Gasteiger partial charge in [-0.15, -0.1) is 0 Å². The van der Waals surface area contributed by atoms with E-state index in [-0.39, 0.29) is 11.9 Å². The maximum atomic E-state index is 12.1. The summed E-state index contributed by atoms with van der Waals surface area (Å²) in [6, 6.07) is 0.636. The van der Waals surface area contributed by atoms with Crippen molar-refractivity contribution in [1.82, 2.24) is 15.1 Å². The van der Waals surface area contributed by atoms with Crippen LogP contribution in [0.3, 0.4) is 0 Å². The van der Waals surface area contributed by atoms with E-state index < -0.39 is 0 Å². The lowest BCUT2D eigenvalue weighted by atomic mass is 10.1. The predicted octanol–water partition coefficient (Wildman–Crippen LogP) is 2.77. The van der Waals surface area contributed by atoms with Crippen molar-refractivity contribution in [1.29, 1.82) is 0 Å². The van der Waals surface area contributed by atoms with Crippen molar-refractivity contribution in [3.8, 4) is 0 Å². The first-order chi connectivity index (χ1) is 10.6. The van der Waals surface area contributed by atoms with E-state index in [1.165, 1.54) is 11.3 Å². The van der Waals surface area contributed by atoms with Crippen molar-refractivity contribution >= 4 is 5.91 Å². The molecule has 5 heteroatoms. The van der Waals surface area contributed by atoms with E-state index in [0.29, 0.717) is 25.5 Å². The van der Waals surface area contributed by atoms with Crippen LogP contribution in [-0.2, 0) is 29.0 Å². The molecule has 0 spiro atoms. The molecule has 0 aliphatic carbocycles. The third-order valence-corrected chi connectivity index (χ3v) is 4.36. The Bertz CT molecular complexity index is 504. The van der Waals surface area contributed by atoms with E-state index in [9.17, 15) is 4.79 Å². The van der Waals surface area contributed by atoms with Crippen molar-refractivity contribution in [2.24, 2.45) is 0 Å². The fraction of sp³-hybridized carbons (Fsp3) is 0.765. The summed E-state index contributed by atoms with van der Waals surface area (Å²) in [5.74, 6) is 0.123. The van der Waals surface area contributed by atoms with Gasteiger partial charge in [0.15, 0.2) is 0 Å². The molecule has 1 amide bonds. The minimum Gasteiger partial charge on any atom is -0.376 e. The van der Waals surface area contributed by atoms with Crippen LogP contribution in [0.5, 0.6) is 0 Å². The van der Waals surface area contributed by atoms with Crippen LogP contribution in [-0.4, -0.2) is 28.3 Å². The van der Waals surface area contributed by atoms with Gasteiger partial charge in [-0.2, -0.15) is 5.10 Å². The van der Waals surface area contributed by atoms with E-state index in [1.54, 1.807) is 0 Å². The van der Waals surface area contributed by atoms with Crippen molar-refractivity contribution in [3.63, 3.8) is 0 Å². The summed E-state index contributed by atoms with van der Waals surface area (Å²) in [7, 11) is 0. The minimum absolute atomic E-state index is 0.123. The molecular formula is C17H29N3O2. The van der Waals surface area contributed by atoms with Crippen molar-refractivity contribution < 1.29 is 9.53 Å². The molecule has 0 unspecified atom stereocenters. The Balaban J connectivity index is 2.02. The van der Waals surface area contributed by atoms with Gasteiger partial charge in [-0.25, -0.2) is 0 Å². The zero-order valence-electron chi connectivity index (χ0n) is 14.3. The number of fused-ring (bicyclic) bond motifs is 1. The van der Waals surface area contributed by atoms with Crippen LogP contribution in [0.25, 0.3) is 0 Å². The maximum Gasteiger partial charge on any atom is 0.220 e. The Hall–Kier alpha value is -1.36. The molecule has 124 valence electrons. The minimum atomic E-state index is 0.123. The highest BCUT2D eigenvalue weighted by Gasteiger charge is 2.22. The van der Waals surface area contributed by atoms with Crippen molar-refractivity contribution in [2.45, 2.75) is 78.5 Å². The fourth-order valence-electron chi connectivity index (χ4n) is 2.98. The van der Waals surface area contributed by atoms with Crippen LogP contribution < -0.4 is 5.32 Å². The number of carbonyl (C=O) groups is 1. The lowest BCUT2D eigenvalue weighted by Gasteiger charge is -2.17. The maximum absolute atomic E-state index is 12.1. The number of hydrogen-bond donors (Lipinski definition) is 1. The highest BCUT2D eigenvalue weighted by molar-refractivity contribution is 5.76. The van der Waals surface area contributed by atoms with Gasteiger partial charge in [-0.05, 0) is 26.7 Å². The van der Waals surface area contributed by atoms with Gasteiger partial charge in [-0.3, -0.25) is 9.48 Å². The van der Waals surface area contributed by atoms with E-state index in [1.807, 2.05) is 0 Å². The second kappa shape index (κ2) is 7.77. The fourth-order valence-corrected chi connectivity index (χ4v) is 2.98. The molecule has 0 saturated heterocycles. The SMILES string of the molecule is CCC(CC)NC(=O)CCc1nn(C(C)C)c2c1COCC2. The van der Waals surface area contributed by atoms with Gasteiger partial charge in [0.2, 0.25) is 5.91 Å². The number of aryl methyl sites for hydroxylation is 1. The molecule has 5 nitrogen and oxygen atoms in total. The monoisotopic (exact) mass is 307 g/mol. The third kappa shape index (κ3) is 3.88. The molecule has 0 bridgehead atoms. The first-order valence-corrected chi connectivity index (χ1v) is 8.53. The third-order valence-electron chi connectivity index (χ3n) is 4.36. The van der Waals surface area contributed by atoms with Gasteiger partial charge in [-0.1, -0.05) is 13.8 Å². The zero-order valence-corrected chi connectivity index (χ0v) is 14.3. The largest absolute Gasteiger partial charge is 0.376 e. The van der Waals surface area contributed by atoms with E-state index in [4.69, 9.17) is 9.84 Å². The topological polar surface area (TPSA) is 56.2 Å². The van der Waals surface area contributed by atoms with Gasteiger partial charge in [0, 0.05) is 42.6 Å². The number of ether oxygens (including phenoxy) is 1. The summed E-state index contributed by atoms with van der Waals surface area (Å²) in [6.07, 6.45) is 4.07. The molecule has 1 aromatic heterocycles. The lowest BCUT2D eigenvalue weighted by molar-refractivity contribution is -0.121. The first-order valence-electron chi connectivity index (χ1n) is 8.53. The molecule has 2 heterocycles. The van der Waals surface area contributed by atoms with Gasteiger partial charge in [0.25, 0.3) is 0 Å². The second-order valence-corrected chi connectivity index (χ2v) is 6.29. The second-order valence-electron chi connectivity index (χ2n) is 6.29. The van der Waals surface area contributed by atoms with E-state index in [0.717, 1.165) is 31.6 Å². The molecule has 2 rings (SSSR count). The molecule has 1 aliphatic heterocycles. The molecule has 0 fully saturated rings. The number of aromatic nitrogens is 2. The standard InChI is InChI=1S/C17H29N3O2/c1-5-13(6-2)18-17(21)8-7-15-14-11-22-10-9-16(14)20(19-15)12(3)4/h12-13H,5-11H2,1-4H3,(H,18,21). The number of rotatable bonds is 7. The summed E-state index contributed by atoms with van der Waals surface area (Å²) in [4.78, 5) is 12.1. The van der Waals surface area contributed by atoms with Crippen molar-refractivity contribution in [3.05, 3.63) is 17.0 Å². The molecule has 0 atom stereocenters. The molecular weight excluding hydrogens is 278 g/mol. The van der Waals surface area contributed by atoms with Crippen LogP contribution >= 0.6 is 0 Å². The lowest BCUT2D eigenvalue weighted by Crippen LogP contribution is -2.33. The van der Waals surface area contributed by atoms with Gasteiger partial charge in [0.1, 0.15) is 0 Å². The summed E-state index contributed by atoms with van der Waals surface area (Å²) in [6.45, 7) is 9.89. The molecule has 1 N–H and O–H groups in total. The first kappa shape index (κ1) is 17.0. The van der Waals surface area contributed by atoms with Crippen LogP contribution in [0.1, 0.15) is 70.0 Å².